The second-order valence-corrected chi connectivity index (χ2v) is 5.81. The van der Waals surface area contributed by atoms with E-state index in [0.717, 1.165) is 5.39 Å². The van der Waals surface area contributed by atoms with E-state index in [1.165, 1.54) is 6.92 Å². The molecule has 0 saturated carbocycles. The molecule has 0 atom stereocenters. The van der Waals surface area contributed by atoms with Crippen LogP contribution in [0.25, 0.3) is 22.6 Å². The van der Waals surface area contributed by atoms with Crippen LogP contribution in [0, 0.1) is 19.7 Å². The van der Waals surface area contributed by atoms with Gasteiger partial charge in [0.1, 0.15) is 11.6 Å². The summed E-state index contributed by atoms with van der Waals surface area (Å²) in [6, 6.07) is 0. The van der Waals surface area contributed by atoms with Gasteiger partial charge in [-0.05, 0) is 36.6 Å². The first kappa shape index (κ1) is 16.6. The molecule has 0 saturated heterocycles. The number of anilines is 1. The predicted molar refractivity (Wildman–Crippen MR) is 96.5 cm³/mol. The predicted octanol–water partition coefficient (Wildman–Crippen LogP) is 3.73. The molecule has 3 N–H and O–H groups in total. The molecule has 0 fully saturated rings. The van der Waals surface area contributed by atoms with Crippen LogP contribution in [-0.4, -0.2) is 26.1 Å². The third-order valence-corrected chi connectivity index (χ3v) is 3.98. The highest BCUT2D eigenvalue weighted by molar-refractivity contribution is 5.97. The third-order valence-electron chi connectivity index (χ3n) is 3.98. The molecule has 1 amide bonds. The van der Waals surface area contributed by atoms with E-state index in [1.807, 2.05) is 0 Å². The van der Waals surface area contributed by atoms with Gasteiger partial charge in [-0.2, -0.15) is 5.10 Å². The SMILES string of the molecule is C=C(/C=C\c1nc(NC(C)=O)c[nH]1)c1c(C)c(F)c(C)c2[nH]ncc12. The minimum Gasteiger partial charge on any atom is -0.343 e. The number of benzene rings is 1. The molecule has 0 radical (unpaired) electrons. The summed E-state index contributed by atoms with van der Waals surface area (Å²) in [4.78, 5) is 18.2. The molecule has 7 heteroatoms. The van der Waals surface area contributed by atoms with Crippen LogP contribution in [-0.2, 0) is 4.79 Å². The number of halogens is 1. The van der Waals surface area contributed by atoms with E-state index in [1.54, 1.807) is 38.4 Å². The Morgan fingerprint density at radius 1 is 1.36 bits per heavy atom. The van der Waals surface area contributed by atoms with Crippen molar-refractivity contribution in [1.82, 2.24) is 20.2 Å². The van der Waals surface area contributed by atoms with E-state index in [4.69, 9.17) is 0 Å². The molecule has 0 aliphatic rings. The summed E-state index contributed by atoms with van der Waals surface area (Å²) in [5, 5.41) is 10.3. The maximum Gasteiger partial charge on any atom is 0.222 e. The summed E-state index contributed by atoms with van der Waals surface area (Å²) >= 11 is 0. The number of rotatable bonds is 4. The number of imidazole rings is 1. The van der Waals surface area contributed by atoms with Crippen molar-refractivity contribution >= 4 is 34.3 Å². The molecule has 2 heterocycles. The minimum absolute atomic E-state index is 0.195. The number of hydrogen-bond acceptors (Lipinski definition) is 3. The van der Waals surface area contributed by atoms with Gasteiger partial charge >= 0.3 is 0 Å². The van der Waals surface area contributed by atoms with Gasteiger partial charge in [-0.15, -0.1) is 0 Å². The molecular formula is C18H18FN5O. The zero-order chi connectivity index (χ0) is 18.1. The van der Waals surface area contributed by atoms with E-state index in [9.17, 15) is 9.18 Å². The van der Waals surface area contributed by atoms with Crippen molar-refractivity contribution in [2.45, 2.75) is 20.8 Å². The summed E-state index contributed by atoms with van der Waals surface area (Å²) in [5.41, 5.74) is 3.08. The van der Waals surface area contributed by atoms with Crippen LogP contribution in [0.1, 0.15) is 29.4 Å². The Morgan fingerprint density at radius 3 is 2.84 bits per heavy atom. The van der Waals surface area contributed by atoms with Gasteiger partial charge in [-0.25, -0.2) is 9.37 Å². The number of H-pyrrole nitrogens is 2. The number of aryl methyl sites for hydroxylation is 1. The quantitative estimate of drug-likeness (QED) is 0.633. The number of carbonyl (C=O) groups is 1. The van der Waals surface area contributed by atoms with E-state index in [0.29, 0.717) is 39.4 Å². The highest BCUT2D eigenvalue weighted by Gasteiger charge is 2.16. The Bertz CT molecular complexity index is 1010. The van der Waals surface area contributed by atoms with Gasteiger partial charge in [-0.1, -0.05) is 12.7 Å². The van der Waals surface area contributed by atoms with Gasteiger partial charge < -0.3 is 10.3 Å². The Hall–Kier alpha value is -3.22. The highest BCUT2D eigenvalue weighted by Crippen LogP contribution is 2.32. The molecule has 2 aromatic heterocycles. The summed E-state index contributed by atoms with van der Waals surface area (Å²) in [5.74, 6) is 0.526. The summed E-state index contributed by atoms with van der Waals surface area (Å²) in [6.07, 6.45) is 6.73. The van der Waals surface area contributed by atoms with Gasteiger partial charge in [0, 0.05) is 24.1 Å². The lowest BCUT2D eigenvalue weighted by atomic mass is 9.94. The smallest absolute Gasteiger partial charge is 0.222 e. The van der Waals surface area contributed by atoms with Crippen LogP contribution < -0.4 is 5.32 Å². The van der Waals surface area contributed by atoms with Crippen LogP contribution in [0.4, 0.5) is 10.2 Å². The van der Waals surface area contributed by atoms with Crippen LogP contribution in [0.2, 0.25) is 0 Å². The first-order chi connectivity index (χ1) is 11.9. The van der Waals surface area contributed by atoms with Gasteiger partial charge in [0.2, 0.25) is 5.91 Å². The van der Waals surface area contributed by atoms with Crippen molar-refractivity contribution in [1.29, 1.82) is 0 Å². The monoisotopic (exact) mass is 339 g/mol. The molecule has 0 aliphatic heterocycles. The fourth-order valence-electron chi connectivity index (χ4n) is 2.81. The number of carbonyl (C=O) groups excluding carboxylic acids is 1. The van der Waals surface area contributed by atoms with Crippen LogP contribution in [0.3, 0.4) is 0 Å². The molecule has 3 rings (SSSR count). The second kappa shape index (κ2) is 6.35. The number of fused-ring (bicyclic) bond motifs is 1. The number of aromatic nitrogens is 4. The largest absolute Gasteiger partial charge is 0.343 e. The van der Waals surface area contributed by atoms with Crippen LogP contribution in [0.5, 0.6) is 0 Å². The zero-order valence-corrected chi connectivity index (χ0v) is 14.2. The number of nitrogens with zero attached hydrogens (tertiary/aromatic N) is 2. The Balaban J connectivity index is 1.94. The van der Waals surface area contributed by atoms with E-state index < -0.39 is 0 Å². The Kier molecular flexibility index (Phi) is 4.22. The fraction of sp³-hybridized carbons (Fsp3) is 0.167. The van der Waals surface area contributed by atoms with Gasteiger partial charge in [0.05, 0.1) is 11.7 Å². The molecule has 1 aromatic carbocycles. The van der Waals surface area contributed by atoms with E-state index in [2.05, 4.69) is 32.1 Å². The van der Waals surface area contributed by atoms with Crippen LogP contribution in [0.15, 0.2) is 25.0 Å². The number of hydrogen-bond donors (Lipinski definition) is 3. The molecule has 0 bridgehead atoms. The van der Waals surface area contributed by atoms with Gasteiger partial charge in [0.15, 0.2) is 5.82 Å². The maximum atomic E-state index is 14.5. The average Bonchev–Trinajstić information content (AvgIpc) is 3.20. The molecule has 0 spiro atoms. The fourth-order valence-corrected chi connectivity index (χ4v) is 2.81. The lowest BCUT2D eigenvalue weighted by Gasteiger charge is -2.11. The topological polar surface area (TPSA) is 86.5 Å². The molecule has 128 valence electrons. The first-order valence-corrected chi connectivity index (χ1v) is 7.70. The molecule has 25 heavy (non-hydrogen) atoms. The van der Waals surface area contributed by atoms with E-state index >= 15 is 0 Å². The molecule has 0 aliphatic carbocycles. The van der Waals surface area contributed by atoms with Gasteiger partial charge in [0.25, 0.3) is 0 Å². The molecular weight excluding hydrogens is 321 g/mol. The Morgan fingerprint density at radius 2 is 2.12 bits per heavy atom. The summed E-state index contributed by atoms with van der Waals surface area (Å²) in [6.45, 7) is 8.91. The highest BCUT2D eigenvalue weighted by atomic mass is 19.1. The van der Waals surface area contributed by atoms with Crippen molar-refractivity contribution < 1.29 is 9.18 Å². The minimum atomic E-state index is -0.271. The summed E-state index contributed by atoms with van der Waals surface area (Å²) < 4.78 is 14.5. The first-order valence-electron chi connectivity index (χ1n) is 7.70. The lowest BCUT2D eigenvalue weighted by molar-refractivity contribution is -0.114. The van der Waals surface area contributed by atoms with Crippen molar-refractivity contribution in [3.05, 3.63) is 53.4 Å². The number of aromatic amines is 2. The van der Waals surface area contributed by atoms with Crippen molar-refractivity contribution in [2.24, 2.45) is 0 Å². The molecule has 3 aromatic rings. The number of nitrogens with one attached hydrogen (secondary N) is 3. The molecule has 6 nitrogen and oxygen atoms in total. The summed E-state index contributed by atoms with van der Waals surface area (Å²) in [7, 11) is 0. The standard InChI is InChI=1S/C18H18FN5O/c1-9(5-6-14-20-8-15(23-14)22-12(4)25)16-10(2)17(19)11(3)18-13(16)7-21-24-18/h5-8H,1H2,2-4H3,(H,20,23)(H,21,24)(H,22,25)/b6-5-. The normalized spacial score (nSPS) is 11.4. The Labute approximate surface area is 143 Å². The van der Waals surface area contributed by atoms with Gasteiger partial charge in [-0.3, -0.25) is 9.89 Å². The zero-order valence-electron chi connectivity index (χ0n) is 14.2. The van der Waals surface area contributed by atoms with Crippen molar-refractivity contribution in [3.63, 3.8) is 0 Å². The lowest BCUT2D eigenvalue weighted by Crippen LogP contribution is -2.05. The average molecular weight is 339 g/mol. The second-order valence-electron chi connectivity index (χ2n) is 5.81. The maximum absolute atomic E-state index is 14.5. The van der Waals surface area contributed by atoms with Crippen LogP contribution >= 0.6 is 0 Å². The number of amides is 1. The van der Waals surface area contributed by atoms with Crippen molar-refractivity contribution in [2.75, 3.05) is 5.32 Å². The van der Waals surface area contributed by atoms with Crippen molar-refractivity contribution in [3.8, 4) is 0 Å². The third kappa shape index (κ3) is 3.08. The van der Waals surface area contributed by atoms with E-state index in [-0.39, 0.29) is 11.7 Å². The number of allylic oxidation sites excluding steroid dienone is 2. The molecule has 0 unspecified atom stereocenters.